The smallest absolute Gasteiger partial charge is 0.326 e. The lowest BCUT2D eigenvalue weighted by Gasteiger charge is -2.17. The molecule has 5 nitrogen and oxygen atoms in total. The van der Waals surface area contributed by atoms with Crippen molar-refractivity contribution in [1.29, 1.82) is 0 Å². The Morgan fingerprint density at radius 1 is 1.25 bits per heavy atom. The maximum atomic E-state index is 11.8. The van der Waals surface area contributed by atoms with Crippen molar-refractivity contribution < 1.29 is 19.4 Å². The van der Waals surface area contributed by atoms with Crippen LogP contribution in [0.4, 0.5) is 0 Å². The van der Waals surface area contributed by atoms with E-state index in [1.165, 1.54) is 19.3 Å². The minimum Gasteiger partial charge on any atom is -0.480 e. The molecule has 0 radical (unpaired) electrons. The third-order valence-corrected chi connectivity index (χ3v) is 3.68. The Morgan fingerprint density at radius 3 is 2.55 bits per heavy atom. The standard InChI is InChI=1S/C15H27NO4/c1-2-3-4-5-6-7-9-12(15(18)19)16-14(17)13-10-8-11-20-13/h12-13H,2-11H2,1H3,(H,16,17)(H,18,19)/t12-,13-/m1/s1. The van der Waals surface area contributed by atoms with Crippen LogP contribution < -0.4 is 5.32 Å². The number of carboxylic acid groups (broad SMARTS) is 1. The molecule has 1 saturated heterocycles. The summed E-state index contributed by atoms with van der Waals surface area (Å²) in [6, 6.07) is -0.780. The second-order valence-electron chi connectivity index (χ2n) is 5.46. The van der Waals surface area contributed by atoms with E-state index < -0.39 is 18.1 Å². The van der Waals surface area contributed by atoms with Crippen LogP contribution in [0.25, 0.3) is 0 Å². The minimum atomic E-state index is -0.954. The average Bonchev–Trinajstić information content (AvgIpc) is 2.95. The molecule has 0 aromatic rings. The normalized spacial score (nSPS) is 19.8. The molecule has 0 aliphatic carbocycles. The number of nitrogens with one attached hydrogen (secondary N) is 1. The van der Waals surface area contributed by atoms with Crippen molar-refractivity contribution in [2.75, 3.05) is 6.61 Å². The van der Waals surface area contributed by atoms with Crippen LogP contribution in [0.2, 0.25) is 0 Å². The molecule has 0 aromatic heterocycles. The third-order valence-electron chi connectivity index (χ3n) is 3.68. The van der Waals surface area contributed by atoms with E-state index in [-0.39, 0.29) is 5.91 Å². The van der Waals surface area contributed by atoms with Crippen LogP contribution in [-0.2, 0) is 14.3 Å². The van der Waals surface area contributed by atoms with E-state index >= 15 is 0 Å². The molecule has 0 bridgehead atoms. The lowest BCUT2D eigenvalue weighted by Crippen LogP contribution is -2.45. The van der Waals surface area contributed by atoms with Gasteiger partial charge in [-0.1, -0.05) is 45.4 Å². The van der Waals surface area contributed by atoms with Crippen LogP contribution in [0.5, 0.6) is 0 Å². The van der Waals surface area contributed by atoms with E-state index in [2.05, 4.69) is 12.2 Å². The van der Waals surface area contributed by atoms with E-state index in [0.717, 1.165) is 25.7 Å². The molecule has 0 saturated carbocycles. The Balaban J connectivity index is 2.22. The zero-order chi connectivity index (χ0) is 14.8. The van der Waals surface area contributed by atoms with E-state index in [1.807, 2.05) is 0 Å². The molecular formula is C15H27NO4. The highest BCUT2D eigenvalue weighted by Gasteiger charge is 2.27. The van der Waals surface area contributed by atoms with Crippen LogP contribution in [0.3, 0.4) is 0 Å². The second kappa shape index (κ2) is 9.75. The van der Waals surface area contributed by atoms with Crippen LogP contribution in [-0.4, -0.2) is 35.7 Å². The Morgan fingerprint density at radius 2 is 1.95 bits per heavy atom. The van der Waals surface area contributed by atoms with Gasteiger partial charge in [-0.2, -0.15) is 0 Å². The lowest BCUT2D eigenvalue weighted by atomic mass is 10.1. The van der Waals surface area contributed by atoms with Crippen molar-refractivity contribution in [3.05, 3.63) is 0 Å². The number of aliphatic carboxylic acids is 1. The zero-order valence-electron chi connectivity index (χ0n) is 12.4. The fraction of sp³-hybridized carbons (Fsp3) is 0.867. The molecule has 1 rings (SSSR count). The summed E-state index contributed by atoms with van der Waals surface area (Å²) in [7, 11) is 0. The molecule has 0 unspecified atom stereocenters. The molecular weight excluding hydrogens is 258 g/mol. The van der Waals surface area contributed by atoms with Gasteiger partial charge in [0.25, 0.3) is 0 Å². The molecule has 20 heavy (non-hydrogen) atoms. The Labute approximate surface area is 121 Å². The van der Waals surface area contributed by atoms with Gasteiger partial charge >= 0.3 is 5.97 Å². The summed E-state index contributed by atoms with van der Waals surface area (Å²) in [5, 5.41) is 11.7. The Hall–Kier alpha value is -1.10. The number of carboxylic acids is 1. The first-order valence-corrected chi connectivity index (χ1v) is 7.80. The lowest BCUT2D eigenvalue weighted by molar-refractivity contribution is -0.143. The highest BCUT2D eigenvalue weighted by Crippen LogP contribution is 2.13. The Bertz CT molecular complexity index is 300. The molecule has 1 amide bonds. The molecule has 1 aliphatic heterocycles. The van der Waals surface area contributed by atoms with Gasteiger partial charge in [0, 0.05) is 6.61 Å². The average molecular weight is 285 g/mol. The number of amides is 1. The maximum absolute atomic E-state index is 11.8. The largest absolute Gasteiger partial charge is 0.480 e. The summed E-state index contributed by atoms with van der Waals surface area (Å²) in [5.41, 5.74) is 0. The summed E-state index contributed by atoms with van der Waals surface area (Å²) < 4.78 is 5.26. The van der Waals surface area contributed by atoms with E-state index in [1.54, 1.807) is 0 Å². The van der Waals surface area contributed by atoms with Gasteiger partial charge in [-0.15, -0.1) is 0 Å². The molecule has 0 aromatic carbocycles. The van der Waals surface area contributed by atoms with Crippen molar-refractivity contribution in [2.24, 2.45) is 0 Å². The fourth-order valence-corrected chi connectivity index (χ4v) is 2.44. The van der Waals surface area contributed by atoms with Crippen LogP contribution in [0.15, 0.2) is 0 Å². The van der Waals surface area contributed by atoms with Crippen LogP contribution in [0.1, 0.15) is 64.7 Å². The predicted octanol–water partition coefficient (Wildman–Crippen LogP) is 2.49. The number of hydrogen-bond acceptors (Lipinski definition) is 3. The van der Waals surface area contributed by atoms with Crippen molar-refractivity contribution >= 4 is 11.9 Å². The van der Waals surface area contributed by atoms with E-state index in [0.29, 0.717) is 19.4 Å². The number of hydrogen-bond donors (Lipinski definition) is 2. The van der Waals surface area contributed by atoms with Gasteiger partial charge in [-0.25, -0.2) is 4.79 Å². The number of carbonyl (C=O) groups is 2. The summed E-state index contributed by atoms with van der Waals surface area (Å²) in [6.45, 7) is 2.76. The van der Waals surface area contributed by atoms with Crippen molar-refractivity contribution in [1.82, 2.24) is 5.32 Å². The van der Waals surface area contributed by atoms with Gasteiger partial charge < -0.3 is 15.2 Å². The van der Waals surface area contributed by atoms with Gasteiger partial charge in [0.15, 0.2) is 0 Å². The highest BCUT2D eigenvalue weighted by molar-refractivity contribution is 5.86. The number of rotatable bonds is 10. The van der Waals surface area contributed by atoms with Gasteiger partial charge in [-0.3, -0.25) is 4.79 Å². The maximum Gasteiger partial charge on any atom is 0.326 e. The van der Waals surface area contributed by atoms with E-state index in [9.17, 15) is 9.59 Å². The molecule has 2 atom stereocenters. The number of carbonyl (C=O) groups excluding carboxylic acids is 1. The first kappa shape index (κ1) is 17.0. The Kier molecular flexibility index (Phi) is 8.26. The zero-order valence-corrected chi connectivity index (χ0v) is 12.4. The van der Waals surface area contributed by atoms with Gasteiger partial charge in [0.05, 0.1) is 0 Å². The molecule has 2 N–H and O–H groups in total. The van der Waals surface area contributed by atoms with Gasteiger partial charge in [0.2, 0.25) is 5.91 Å². The van der Waals surface area contributed by atoms with Crippen LogP contribution in [0, 0.1) is 0 Å². The quantitative estimate of drug-likeness (QED) is 0.605. The minimum absolute atomic E-state index is 0.277. The summed E-state index contributed by atoms with van der Waals surface area (Å²) in [4.78, 5) is 23.0. The molecule has 0 spiro atoms. The van der Waals surface area contributed by atoms with Gasteiger partial charge in [0.1, 0.15) is 12.1 Å². The van der Waals surface area contributed by atoms with Crippen LogP contribution >= 0.6 is 0 Å². The van der Waals surface area contributed by atoms with E-state index in [4.69, 9.17) is 9.84 Å². The number of unbranched alkanes of at least 4 members (excludes halogenated alkanes) is 5. The SMILES string of the molecule is CCCCCCCC[C@@H](NC(=O)[C@H]1CCCO1)C(=O)O. The summed E-state index contributed by atoms with van der Waals surface area (Å²) >= 11 is 0. The molecule has 5 heteroatoms. The first-order chi connectivity index (χ1) is 9.65. The van der Waals surface area contributed by atoms with Crippen molar-refractivity contribution in [2.45, 2.75) is 76.9 Å². The number of ether oxygens (including phenoxy) is 1. The highest BCUT2D eigenvalue weighted by atomic mass is 16.5. The topological polar surface area (TPSA) is 75.6 Å². The van der Waals surface area contributed by atoms with Crippen molar-refractivity contribution in [3.63, 3.8) is 0 Å². The van der Waals surface area contributed by atoms with Crippen molar-refractivity contribution in [3.8, 4) is 0 Å². The molecule has 1 heterocycles. The fourth-order valence-electron chi connectivity index (χ4n) is 2.44. The third kappa shape index (κ3) is 6.37. The second-order valence-corrected chi connectivity index (χ2v) is 5.46. The first-order valence-electron chi connectivity index (χ1n) is 7.80. The molecule has 1 aliphatic rings. The molecule has 116 valence electrons. The summed E-state index contributed by atoms with van der Waals surface area (Å²) in [5.74, 6) is -1.23. The monoisotopic (exact) mass is 285 g/mol. The van der Waals surface area contributed by atoms with Gasteiger partial charge in [-0.05, 0) is 19.3 Å². The molecule has 1 fully saturated rings. The summed E-state index contributed by atoms with van der Waals surface area (Å²) in [6.07, 6.45) is 8.25. The predicted molar refractivity (Wildman–Crippen MR) is 76.5 cm³/mol.